The molecule has 1 spiro atoms. The number of ether oxygens (including phenoxy) is 1. The van der Waals surface area contributed by atoms with Gasteiger partial charge in [-0.25, -0.2) is 4.79 Å². The van der Waals surface area contributed by atoms with Gasteiger partial charge < -0.3 is 9.64 Å². The maximum atomic E-state index is 13.0. The Morgan fingerprint density at radius 3 is 2.61 bits per heavy atom. The Hall–Kier alpha value is -3.47. The van der Waals surface area contributed by atoms with Crippen molar-refractivity contribution in [1.82, 2.24) is 40.2 Å². The van der Waals surface area contributed by atoms with Crippen molar-refractivity contribution in [2.24, 2.45) is 5.41 Å². The lowest BCUT2D eigenvalue weighted by Crippen LogP contribution is -2.45. The fourth-order valence-electron chi connectivity index (χ4n) is 4.03. The number of amides is 1. The summed E-state index contributed by atoms with van der Waals surface area (Å²) >= 11 is 0. The second-order valence-corrected chi connectivity index (χ2v) is 7.62. The van der Waals surface area contributed by atoms with Gasteiger partial charge >= 0.3 is 5.97 Å². The Labute approximate surface area is 179 Å². The van der Waals surface area contributed by atoms with E-state index in [-0.39, 0.29) is 19.9 Å². The summed E-state index contributed by atoms with van der Waals surface area (Å²) in [6.07, 6.45) is 8.92. The summed E-state index contributed by atoms with van der Waals surface area (Å²) in [5.74, 6) is 0.219. The Morgan fingerprint density at radius 1 is 1.13 bits per heavy atom. The Bertz CT molecular complexity index is 1010. The first-order valence-corrected chi connectivity index (χ1v) is 9.82. The number of aromatic nitrogens is 6. The van der Waals surface area contributed by atoms with E-state index in [0.29, 0.717) is 11.5 Å². The molecule has 0 radical (unpaired) electrons. The SMILES string of the molecule is C.O=C1C=C(N2C=CC3(CCN(CCc4ccc(-n5cnnn5)nn4)CC3)C2=O)CO1. The molecule has 31 heavy (non-hydrogen) atoms. The van der Waals surface area contributed by atoms with Crippen LogP contribution in [0.5, 0.6) is 0 Å². The maximum Gasteiger partial charge on any atom is 0.333 e. The third kappa shape index (κ3) is 3.96. The summed E-state index contributed by atoms with van der Waals surface area (Å²) in [6, 6.07) is 3.77. The molecule has 162 valence electrons. The van der Waals surface area contributed by atoms with Crippen molar-refractivity contribution < 1.29 is 14.3 Å². The molecule has 0 N–H and O–H groups in total. The normalized spacial score (nSPS) is 20.1. The Kier molecular flexibility index (Phi) is 5.59. The van der Waals surface area contributed by atoms with Gasteiger partial charge in [-0.3, -0.25) is 9.69 Å². The first-order valence-electron chi connectivity index (χ1n) is 9.82. The number of carbonyl (C=O) groups is 2. The van der Waals surface area contributed by atoms with Gasteiger partial charge in [0.25, 0.3) is 0 Å². The van der Waals surface area contributed by atoms with Crippen molar-refractivity contribution in [3.63, 3.8) is 0 Å². The predicted molar refractivity (Wildman–Crippen MR) is 108 cm³/mol. The first-order chi connectivity index (χ1) is 14.6. The van der Waals surface area contributed by atoms with Crippen LogP contribution >= 0.6 is 0 Å². The minimum atomic E-state index is -0.476. The molecule has 1 amide bonds. The minimum Gasteiger partial charge on any atom is -0.456 e. The van der Waals surface area contributed by atoms with E-state index in [1.54, 1.807) is 11.1 Å². The van der Waals surface area contributed by atoms with Crippen molar-refractivity contribution in [2.45, 2.75) is 26.7 Å². The zero-order valence-corrected chi connectivity index (χ0v) is 16.2. The second-order valence-electron chi connectivity index (χ2n) is 7.62. The molecule has 3 aliphatic rings. The Morgan fingerprint density at radius 2 is 1.97 bits per heavy atom. The number of tetrazole rings is 1. The molecule has 0 aliphatic carbocycles. The van der Waals surface area contributed by atoms with E-state index in [2.05, 4.69) is 30.6 Å². The van der Waals surface area contributed by atoms with Gasteiger partial charge in [0.2, 0.25) is 5.91 Å². The summed E-state index contributed by atoms with van der Waals surface area (Å²) in [7, 11) is 0. The molecule has 0 bridgehead atoms. The summed E-state index contributed by atoms with van der Waals surface area (Å²) in [6.45, 7) is 2.66. The monoisotopic (exact) mass is 424 g/mol. The molecular weight excluding hydrogens is 400 g/mol. The highest BCUT2D eigenvalue weighted by Crippen LogP contribution is 2.40. The van der Waals surface area contributed by atoms with Crippen LogP contribution in [0, 0.1) is 5.41 Å². The van der Waals surface area contributed by atoms with Crippen LogP contribution < -0.4 is 0 Å². The van der Waals surface area contributed by atoms with Gasteiger partial charge in [0.1, 0.15) is 12.9 Å². The average molecular weight is 424 g/mol. The number of cyclic esters (lactones) is 1. The largest absolute Gasteiger partial charge is 0.456 e. The van der Waals surface area contributed by atoms with Crippen molar-refractivity contribution >= 4 is 11.9 Å². The van der Waals surface area contributed by atoms with Crippen LogP contribution in [0.25, 0.3) is 5.82 Å². The highest BCUT2D eigenvalue weighted by atomic mass is 16.5. The highest BCUT2D eigenvalue weighted by Gasteiger charge is 2.46. The quantitative estimate of drug-likeness (QED) is 0.632. The zero-order valence-electron chi connectivity index (χ0n) is 16.2. The van der Waals surface area contributed by atoms with Crippen molar-refractivity contribution in [2.75, 3.05) is 26.2 Å². The molecule has 11 heteroatoms. The molecule has 5 rings (SSSR count). The van der Waals surface area contributed by atoms with Gasteiger partial charge in [-0.15, -0.1) is 10.2 Å². The molecular formula is C20H24N8O3. The Balaban J connectivity index is 0.00000231. The molecule has 0 aromatic carbocycles. The van der Waals surface area contributed by atoms with E-state index in [9.17, 15) is 9.59 Å². The zero-order chi connectivity index (χ0) is 20.6. The van der Waals surface area contributed by atoms with E-state index >= 15 is 0 Å². The van der Waals surface area contributed by atoms with E-state index in [4.69, 9.17) is 4.74 Å². The topological polar surface area (TPSA) is 119 Å². The van der Waals surface area contributed by atoms with Crippen molar-refractivity contribution in [3.05, 3.63) is 48.2 Å². The minimum absolute atomic E-state index is 0. The summed E-state index contributed by atoms with van der Waals surface area (Å²) < 4.78 is 6.39. The molecule has 2 aromatic heterocycles. The molecule has 0 saturated carbocycles. The van der Waals surface area contributed by atoms with Crippen LogP contribution in [0.1, 0.15) is 26.0 Å². The number of hydrogen-bond donors (Lipinski definition) is 0. The average Bonchev–Trinajstić information content (AvgIpc) is 3.51. The molecule has 5 heterocycles. The number of carbonyl (C=O) groups excluding carboxylic acids is 2. The lowest BCUT2D eigenvalue weighted by Gasteiger charge is -2.37. The lowest BCUT2D eigenvalue weighted by atomic mass is 9.78. The molecule has 2 aromatic rings. The van der Waals surface area contributed by atoms with Crippen LogP contribution in [-0.4, -0.2) is 78.3 Å². The van der Waals surface area contributed by atoms with E-state index in [1.165, 1.54) is 17.1 Å². The molecule has 0 unspecified atom stereocenters. The fourth-order valence-corrected chi connectivity index (χ4v) is 4.03. The predicted octanol–water partition coefficient (Wildman–Crippen LogP) is 0.510. The van der Waals surface area contributed by atoms with Crippen LogP contribution in [0.15, 0.2) is 42.5 Å². The number of rotatable bonds is 5. The van der Waals surface area contributed by atoms with Crippen LogP contribution in [0.2, 0.25) is 0 Å². The van der Waals surface area contributed by atoms with Gasteiger partial charge in [0.05, 0.1) is 16.8 Å². The summed E-state index contributed by atoms with van der Waals surface area (Å²) in [5.41, 5.74) is 1.04. The summed E-state index contributed by atoms with van der Waals surface area (Å²) in [5, 5.41) is 19.4. The number of hydrogen-bond acceptors (Lipinski definition) is 9. The third-order valence-electron chi connectivity index (χ3n) is 5.87. The number of nitrogens with zero attached hydrogens (tertiary/aromatic N) is 8. The standard InChI is InChI=1S/C19H20N8O3.CH4/c28-17-11-15(12-30-17)26-10-6-19(18(26)29)4-8-25(9-5-19)7-3-14-1-2-16(22-21-14)27-13-20-23-24-27;/h1-2,6,10-11,13H,3-5,7-9,12H2;1H4. The third-order valence-corrected chi connectivity index (χ3v) is 5.87. The van der Waals surface area contributed by atoms with Crippen LogP contribution in [0.4, 0.5) is 0 Å². The van der Waals surface area contributed by atoms with Crippen LogP contribution in [0.3, 0.4) is 0 Å². The van der Waals surface area contributed by atoms with Gasteiger partial charge in [-0.2, -0.15) is 9.78 Å². The fraction of sp³-hybridized carbons (Fsp3) is 0.450. The summed E-state index contributed by atoms with van der Waals surface area (Å²) in [4.78, 5) is 28.2. The number of likely N-dealkylation sites (tertiary alicyclic amines) is 1. The number of esters is 1. The van der Waals surface area contributed by atoms with Crippen molar-refractivity contribution in [3.8, 4) is 5.82 Å². The van der Waals surface area contributed by atoms with E-state index < -0.39 is 11.4 Å². The first kappa shape index (κ1) is 20.8. The van der Waals surface area contributed by atoms with Crippen molar-refractivity contribution in [1.29, 1.82) is 0 Å². The van der Waals surface area contributed by atoms with E-state index in [0.717, 1.165) is 44.6 Å². The highest BCUT2D eigenvalue weighted by molar-refractivity contribution is 5.93. The van der Waals surface area contributed by atoms with Crippen LogP contribution in [-0.2, 0) is 20.7 Å². The lowest BCUT2D eigenvalue weighted by molar-refractivity contribution is -0.137. The maximum absolute atomic E-state index is 13.0. The van der Waals surface area contributed by atoms with Gasteiger partial charge in [0, 0.05) is 25.2 Å². The van der Waals surface area contributed by atoms with Gasteiger partial charge in [0.15, 0.2) is 5.82 Å². The van der Waals surface area contributed by atoms with Gasteiger partial charge in [-0.1, -0.05) is 13.5 Å². The molecule has 3 aliphatic heterocycles. The number of piperidine rings is 1. The smallest absolute Gasteiger partial charge is 0.333 e. The molecule has 11 nitrogen and oxygen atoms in total. The van der Waals surface area contributed by atoms with E-state index in [1.807, 2.05) is 18.2 Å². The molecule has 0 atom stereocenters. The molecule has 1 saturated heterocycles. The second kappa shape index (κ2) is 8.34. The van der Waals surface area contributed by atoms with Gasteiger partial charge in [-0.05, 0) is 48.5 Å². The molecule has 1 fully saturated rings.